The molecular formula is C34H40BClO6. The lowest BCUT2D eigenvalue weighted by molar-refractivity contribution is -0.131. The maximum Gasteiger partial charge on any atom is 0.494 e. The van der Waals surface area contributed by atoms with Crippen LogP contribution in [-0.2, 0) is 25.4 Å². The van der Waals surface area contributed by atoms with Crippen LogP contribution >= 0.6 is 11.6 Å². The van der Waals surface area contributed by atoms with Gasteiger partial charge in [0.15, 0.2) is 0 Å². The molecule has 1 N–H and O–H groups in total. The Morgan fingerprint density at radius 2 is 1.57 bits per heavy atom. The zero-order valence-electron chi connectivity index (χ0n) is 25.1. The third kappa shape index (κ3) is 5.40. The molecule has 1 saturated heterocycles. The normalized spacial score (nSPS) is 27.1. The molecule has 0 unspecified atom stereocenters. The number of carbonyl (C=O) groups is 1. The lowest BCUT2D eigenvalue weighted by Gasteiger charge is -2.51. The molecule has 42 heavy (non-hydrogen) atoms. The highest BCUT2D eigenvalue weighted by molar-refractivity contribution is 6.62. The molecule has 2 aromatic carbocycles. The summed E-state index contributed by atoms with van der Waals surface area (Å²) in [5.74, 6) is 3.04. The van der Waals surface area contributed by atoms with Crippen LogP contribution < -0.4 is 10.2 Å². The van der Waals surface area contributed by atoms with E-state index in [1.807, 2.05) is 64.1 Å². The third-order valence-electron chi connectivity index (χ3n) is 10.2. The summed E-state index contributed by atoms with van der Waals surface area (Å²) in [5, 5.41) is 9.72. The summed E-state index contributed by atoms with van der Waals surface area (Å²) in [6.07, 6.45) is 8.94. The van der Waals surface area contributed by atoms with Crippen LogP contribution in [0.3, 0.4) is 0 Å². The Bertz CT molecular complexity index is 1380. The number of ether oxygens (including phenoxy) is 2. The minimum atomic E-state index is -1.03. The van der Waals surface area contributed by atoms with Crippen molar-refractivity contribution in [2.45, 2.75) is 77.6 Å². The van der Waals surface area contributed by atoms with Crippen molar-refractivity contribution in [1.82, 2.24) is 0 Å². The Morgan fingerprint density at radius 3 is 2.12 bits per heavy atom. The minimum absolute atomic E-state index is 0.258. The fourth-order valence-electron chi connectivity index (χ4n) is 7.54. The smallest absolute Gasteiger partial charge is 0.494 e. The Kier molecular flexibility index (Phi) is 7.74. The first kappa shape index (κ1) is 29.3. The van der Waals surface area contributed by atoms with E-state index in [-0.39, 0.29) is 6.61 Å². The number of rotatable bonds is 8. The van der Waals surface area contributed by atoms with Crippen molar-refractivity contribution in [1.29, 1.82) is 0 Å². The van der Waals surface area contributed by atoms with Crippen molar-refractivity contribution in [3.05, 3.63) is 69.8 Å². The molecule has 1 heterocycles. The molecule has 4 bridgehead atoms. The number of carboxylic acid groups (broad SMARTS) is 1. The van der Waals surface area contributed by atoms with Crippen molar-refractivity contribution in [2.75, 3.05) is 7.11 Å². The molecule has 6 nitrogen and oxygen atoms in total. The molecule has 7 rings (SSSR count). The van der Waals surface area contributed by atoms with E-state index >= 15 is 0 Å². The number of hydrogen-bond acceptors (Lipinski definition) is 5. The van der Waals surface area contributed by atoms with Crippen LogP contribution in [0.4, 0.5) is 0 Å². The quantitative estimate of drug-likeness (QED) is 0.200. The highest BCUT2D eigenvalue weighted by Gasteiger charge is 2.51. The Morgan fingerprint density at radius 1 is 0.976 bits per heavy atom. The molecule has 2 aromatic rings. The zero-order valence-corrected chi connectivity index (χ0v) is 25.9. The van der Waals surface area contributed by atoms with E-state index in [2.05, 4.69) is 0 Å². The van der Waals surface area contributed by atoms with Gasteiger partial charge in [-0.05, 0) is 112 Å². The molecule has 4 saturated carbocycles. The lowest BCUT2D eigenvalue weighted by atomic mass is 9.54. The summed E-state index contributed by atoms with van der Waals surface area (Å²) in [4.78, 5) is 11.3. The molecule has 0 radical (unpaired) electrons. The van der Waals surface area contributed by atoms with Crippen molar-refractivity contribution in [3.63, 3.8) is 0 Å². The Labute approximate surface area is 254 Å². The predicted molar refractivity (Wildman–Crippen MR) is 166 cm³/mol. The molecule has 222 valence electrons. The average Bonchev–Trinajstić information content (AvgIpc) is 3.15. The van der Waals surface area contributed by atoms with E-state index in [0.717, 1.165) is 40.3 Å². The number of carboxylic acids is 1. The van der Waals surface area contributed by atoms with Gasteiger partial charge < -0.3 is 23.9 Å². The van der Waals surface area contributed by atoms with Crippen LogP contribution in [0.15, 0.2) is 48.0 Å². The van der Waals surface area contributed by atoms with Crippen molar-refractivity contribution in [3.8, 4) is 5.75 Å². The molecule has 4 aliphatic carbocycles. The largest absolute Gasteiger partial charge is 0.496 e. The number of benzene rings is 2. The molecule has 1 aliphatic heterocycles. The first-order valence-corrected chi connectivity index (χ1v) is 15.4. The van der Waals surface area contributed by atoms with Gasteiger partial charge in [0.1, 0.15) is 18.1 Å². The number of allylic oxidation sites excluding steroid dienone is 1. The second-order valence-electron chi connectivity index (χ2n) is 13.4. The second kappa shape index (κ2) is 11.1. The molecule has 0 spiro atoms. The molecule has 0 amide bonds. The monoisotopic (exact) mass is 590 g/mol. The van der Waals surface area contributed by atoms with Gasteiger partial charge in [-0.15, -0.1) is 0 Å². The van der Waals surface area contributed by atoms with Gasteiger partial charge in [-0.3, -0.25) is 0 Å². The van der Waals surface area contributed by atoms with Gasteiger partial charge in [-0.1, -0.05) is 41.9 Å². The maximum absolute atomic E-state index is 11.3. The summed E-state index contributed by atoms with van der Waals surface area (Å²) < 4.78 is 24.8. The third-order valence-corrected chi connectivity index (χ3v) is 10.5. The van der Waals surface area contributed by atoms with Gasteiger partial charge in [0, 0.05) is 17.2 Å². The lowest BCUT2D eigenvalue weighted by Crippen LogP contribution is -2.41. The summed E-state index contributed by atoms with van der Waals surface area (Å²) in [5.41, 5.74) is 3.88. The van der Waals surface area contributed by atoms with E-state index < -0.39 is 24.3 Å². The predicted octanol–water partition coefficient (Wildman–Crippen LogP) is 7.13. The minimum Gasteiger partial charge on any atom is -0.496 e. The van der Waals surface area contributed by atoms with Gasteiger partial charge in [-0.25, -0.2) is 4.79 Å². The first-order chi connectivity index (χ1) is 20.0. The molecular weight excluding hydrogens is 551 g/mol. The molecule has 5 fully saturated rings. The highest BCUT2D eigenvalue weighted by Crippen LogP contribution is 2.58. The summed E-state index contributed by atoms with van der Waals surface area (Å²) in [7, 11) is 1.29. The number of aliphatic carboxylic acids is 1. The van der Waals surface area contributed by atoms with Crippen LogP contribution in [0.2, 0.25) is 5.02 Å². The number of halogens is 1. The van der Waals surface area contributed by atoms with Crippen LogP contribution in [0.1, 0.15) is 76.5 Å². The number of methoxy groups -OCH3 is 1. The van der Waals surface area contributed by atoms with E-state index in [0.29, 0.717) is 28.2 Å². The molecule has 8 heteroatoms. The Hall–Kier alpha value is -2.74. The zero-order chi connectivity index (χ0) is 29.8. The van der Waals surface area contributed by atoms with Crippen molar-refractivity contribution < 1.29 is 28.7 Å². The average molecular weight is 591 g/mol. The van der Waals surface area contributed by atoms with Crippen LogP contribution in [0.25, 0.3) is 11.8 Å². The Balaban J connectivity index is 1.28. The maximum atomic E-state index is 11.3. The summed E-state index contributed by atoms with van der Waals surface area (Å²) in [6, 6.07) is 11.8. The van der Waals surface area contributed by atoms with E-state index in [1.165, 1.54) is 43.8 Å². The fourth-order valence-corrected chi connectivity index (χ4v) is 7.85. The van der Waals surface area contributed by atoms with Crippen LogP contribution in [0, 0.1) is 23.7 Å². The van der Waals surface area contributed by atoms with Gasteiger partial charge >= 0.3 is 13.1 Å². The fraction of sp³-hybridized carbons (Fsp3) is 0.500. The first-order valence-electron chi connectivity index (χ1n) is 15.0. The molecule has 5 aliphatic rings. The topological polar surface area (TPSA) is 74.2 Å². The van der Waals surface area contributed by atoms with Gasteiger partial charge in [0.2, 0.25) is 0 Å². The van der Waals surface area contributed by atoms with E-state index in [1.54, 1.807) is 7.11 Å². The van der Waals surface area contributed by atoms with Gasteiger partial charge in [-0.2, -0.15) is 0 Å². The SMILES string of the molecule is COC(c1ccc(/C=C/C(=O)O)c(OCc2ccc(B3OC(C)(C)C(C)(C)O3)cc2)c1Cl)=C1[C@H]2CC3CC(C2)C[C@@H]1C3. The van der Waals surface area contributed by atoms with E-state index in [4.69, 9.17) is 30.4 Å². The van der Waals surface area contributed by atoms with Crippen molar-refractivity contribution in [2.24, 2.45) is 23.7 Å². The summed E-state index contributed by atoms with van der Waals surface area (Å²) in [6.45, 7) is 8.41. The van der Waals surface area contributed by atoms with Crippen LogP contribution in [0.5, 0.6) is 5.75 Å². The molecule has 0 aromatic heterocycles. The highest BCUT2D eigenvalue weighted by atomic mass is 35.5. The van der Waals surface area contributed by atoms with E-state index in [9.17, 15) is 9.90 Å². The molecule has 0 atom stereocenters. The standard InChI is InChI=1S/C34H40BClO6/c1-33(2)34(3,4)42-35(41-33)26-10-6-20(7-11-26)19-40-31-23(9-13-28(37)38)8-12-27(30(31)36)32(39-5)29-24-15-21-14-22(17-24)18-25(29)16-21/h6-13,21-22,24-25H,14-19H2,1-5H3,(H,37,38)/b13-9+,32-29?/t21?,22?,24-,25-. The second-order valence-corrected chi connectivity index (χ2v) is 13.8. The van der Waals surface area contributed by atoms with Gasteiger partial charge in [0.25, 0.3) is 0 Å². The summed E-state index contributed by atoms with van der Waals surface area (Å²) >= 11 is 7.09. The van der Waals surface area contributed by atoms with Crippen molar-refractivity contribution >= 4 is 42.0 Å². The number of hydrogen-bond donors (Lipinski definition) is 1. The van der Waals surface area contributed by atoms with Crippen LogP contribution in [-0.4, -0.2) is 36.5 Å². The van der Waals surface area contributed by atoms with Gasteiger partial charge in [0.05, 0.1) is 23.3 Å².